The first-order valence-electron chi connectivity index (χ1n) is 15.2. The second-order valence-electron chi connectivity index (χ2n) is 12.0. The van der Waals surface area contributed by atoms with Crippen molar-refractivity contribution in [2.24, 2.45) is 0 Å². The zero-order valence-electron chi connectivity index (χ0n) is 26.5. The van der Waals surface area contributed by atoms with Crippen LogP contribution in [0.1, 0.15) is 80.8 Å². The summed E-state index contributed by atoms with van der Waals surface area (Å²) in [4.78, 5) is 43.5. The number of aryl methyl sites for hydroxylation is 2. The Kier molecular flexibility index (Phi) is 12.4. The quantitative estimate of drug-likeness (QED) is 0.216. The molecule has 3 aromatic carbocycles. The van der Waals surface area contributed by atoms with Crippen LogP contribution in [0, 0.1) is 13.8 Å². The summed E-state index contributed by atoms with van der Waals surface area (Å²) < 4.78 is 5.55. The number of nitrogens with one attached hydrogen (secondary N) is 2. The molecular formula is C36H47N3O4. The number of carbonyl (C=O) groups is 3. The van der Waals surface area contributed by atoms with Gasteiger partial charge in [-0.2, -0.15) is 0 Å². The summed E-state index contributed by atoms with van der Waals surface area (Å²) in [6.45, 7) is 12.1. The largest absolute Gasteiger partial charge is 0.444 e. The summed E-state index contributed by atoms with van der Waals surface area (Å²) in [6, 6.07) is 23.3. The van der Waals surface area contributed by atoms with Crippen LogP contribution >= 0.6 is 0 Å². The fraction of sp³-hybridized carbons (Fsp3) is 0.417. The molecule has 0 aliphatic heterocycles. The van der Waals surface area contributed by atoms with Gasteiger partial charge in [-0.05, 0) is 68.9 Å². The number of ether oxygens (including phenoxy) is 1. The van der Waals surface area contributed by atoms with E-state index in [1.165, 1.54) is 0 Å². The van der Waals surface area contributed by atoms with Crippen LogP contribution in [0.2, 0.25) is 0 Å². The maximum absolute atomic E-state index is 14.6. The summed E-state index contributed by atoms with van der Waals surface area (Å²) in [5, 5.41) is 5.93. The van der Waals surface area contributed by atoms with Crippen LogP contribution in [0.5, 0.6) is 0 Å². The van der Waals surface area contributed by atoms with Crippen molar-refractivity contribution in [3.05, 3.63) is 107 Å². The van der Waals surface area contributed by atoms with Crippen LogP contribution in [0.25, 0.3) is 0 Å². The minimum absolute atomic E-state index is 0.258. The summed E-state index contributed by atoms with van der Waals surface area (Å²) >= 11 is 0. The normalized spacial score (nSPS) is 12.6. The number of amides is 3. The number of alkyl carbamates (subject to hydrolysis) is 1. The van der Waals surface area contributed by atoms with Crippen molar-refractivity contribution in [3.8, 4) is 0 Å². The molecule has 2 atom stereocenters. The van der Waals surface area contributed by atoms with Gasteiger partial charge in [-0.1, -0.05) is 98.6 Å². The van der Waals surface area contributed by atoms with E-state index in [9.17, 15) is 14.4 Å². The van der Waals surface area contributed by atoms with Crippen molar-refractivity contribution in [1.82, 2.24) is 15.5 Å². The van der Waals surface area contributed by atoms with Crippen molar-refractivity contribution in [1.29, 1.82) is 0 Å². The van der Waals surface area contributed by atoms with E-state index in [1.54, 1.807) is 25.7 Å². The van der Waals surface area contributed by atoms with Crippen molar-refractivity contribution in [3.63, 3.8) is 0 Å². The van der Waals surface area contributed by atoms with Crippen LogP contribution in [-0.2, 0) is 27.3 Å². The second-order valence-corrected chi connectivity index (χ2v) is 12.0. The molecule has 0 aliphatic rings. The zero-order chi connectivity index (χ0) is 31.4. The highest BCUT2D eigenvalue weighted by Crippen LogP contribution is 2.29. The highest BCUT2D eigenvalue weighted by Gasteiger charge is 2.37. The number of nitrogens with zero attached hydrogens (tertiary/aromatic N) is 1. The first-order chi connectivity index (χ1) is 20.5. The van der Waals surface area contributed by atoms with Gasteiger partial charge >= 0.3 is 6.09 Å². The van der Waals surface area contributed by atoms with E-state index in [-0.39, 0.29) is 18.2 Å². The highest BCUT2D eigenvalue weighted by molar-refractivity contribution is 5.92. The highest BCUT2D eigenvalue weighted by atomic mass is 16.6. The molecule has 7 heteroatoms. The van der Waals surface area contributed by atoms with Gasteiger partial charge in [0.15, 0.2) is 0 Å². The number of hydrogen-bond donors (Lipinski definition) is 2. The van der Waals surface area contributed by atoms with Gasteiger partial charge in [0.1, 0.15) is 17.7 Å². The molecule has 0 saturated carbocycles. The maximum Gasteiger partial charge on any atom is 0.408 e. The molecular weight excluding hydrogens is 538 g/mol. The Hall–Kier alpha value is -4.13. The van der Waals surface area contributed by atoms with Gasteiger partial charge in [-0.25, -0.2) is 4.79 Å². The summed E-state index contributed by atoms with van der Waals surface area (Å²) in [7, 11) is 0. The average molecular weight is 586 g/mol. The molecule has 230 valence electrons. The molecule has 43 heavy (non-hydrogen) atoms. The third-order valence-electron chi connectivity index (χ3n) is 7.24. The van der Waals surface area contributed by atoms with Crippen molar-refractivity contribution in [2.75, 3.05) is 6.54 Å². The predicted octanol–water partition coefficient (Wildman–Crippen LogP) is 6.82. The third-order valence-corrected chi connectivity index (χ3v) is 7.24. The Labute approximate surface area is 257 Å². The van der Waals surface area contributed by atoms with E-state index >= 15 is 0 Å². The fourth-order valence-electron chi connectivity index (χ4n) is 5.17. The molecule has 3 aromatic rings. The predicted molar refractivity (Wildman–Crippen MR) is 171 cm³/mol. The number of benzene rings is 3. The Bertz CT molecular complexity index is 1320. The molecule has 0 heterocycles. The minimum Gasteiger partial charge on any atom is -0.444 e. The van der Waals surface area contributed by atoms with Crippen molar-refractivity contribution in [2.45, 2.75) is 91.5 Å². The standard InChI is InChI=1S/C36H47N3O4/c1-7-8-15-23-39(34(41)30(24-28-19-11-9-12-20-28)38-35(42)43-36(4,5)6)32(31-26(2)17-16-18-27(31)3)33(40)37-25-29-21-13-10-14-22-29/h9-14,16-22,30,32H,7-8,15,23-25H2,1-6H3,(H,37,40)(H,38,42). The molecule has 0 saturated heterocycles. The first-order valence-corrected chi connectivity index (χ1v) is 15.2. The second kappa shape index (κ2) is 15.9. The molecule has 7 nitrogen and oxygen atoms in total. The first kappa shape index (κ1) is 33.4. The van der Waals surface area contributed by atoms with Gasteiger partial charge in [0.2, 0.25) is 11.8 Å². The molecule has 0 spiro atoms. The molecule has 3 amide bonds. The Morgan fingerprint density at radius 3 is 1.95 bits per heavy atom. The van der Waals surface area contributed by atoms with E-state index in [2.05, 4.69) is 17.6 Å². The maximum atomic E-state index is 14.6. The summed E-state index contributed by atoms with van der Waals surface area (Å²) in [5.41, 5.74) is 3.77. The molecule has 0 bridgehead atoms. The van der Waals surface area contributed by atoms with Crippen LogP contribution in [0.3, 0.4) is 0 Å². The lowest BCUT2D eigenvalue weighted by atomic mass is 9.93. The SMILES string of the molecule is CCCCCN(C(=O)C(Cc1ccccc1)NC(=O)OC(C)(C)C)C(C(=O)NCc1ccccc1)c1c(C)cccc1C. The van der Waals surface area contributed by atoms with E-state index in [4.69, 9.17) is 4.74 Å². The van der Waals surface area contributed by atoms with E-state index in [1.807, 2.05) is 92.7 Å². The lowest BCUT2D eigenvalue weighted by molar-refractivity contribution is -0.142. The number of hydrogen-bond acceptors (Lipinski definition) is 4. The summed E-state index contributed by atoms with van der Waals surface area (Å²) in [5.74, 6) is -0.588. The lowest BCUT2D eigenvalue weighted by Gasteiger charge is -2.36. The Morgan fingerprint density at radius 1 is 0.814 bits per heavy atom. The van der Waals surface area contributed by atoms with Crippen molar-refractivity contribution >= 4 is 17.9 Å². The third kappa shape index (κ3) is 10.3. The fourth-order valence-corrected chi connectivity index (χ4v) is 5.17. The number of rotatable bonds is 13. The van der Waals surface area contributed by atoms with Gasteiger partial charge in [-0.3, -0.25) is 9.59 Å². The topological polar surface area (TPSA) is 87.7 Å². The van der Waals surface area contributed by atoms with E-state index < -0.39 is 23.8 Å². The summed E-state index contributed by atoms with van der Waals surface area (Å²) in [6.07, 6.45) is 2.17. The molecule has 0 fully saturated rings. The van der Waals surface area contributed by atoms with Gasteiger partial charge in [0, 0.05) is 19.5 Å². The average Bonchev–Trinajstić information content (AvgIpc) is 2.96. The van der Waals surface area contributed by atoms with Gasteiger partial charge in [0.25, 0.3) is 0 Å². The Balaban J connectivity index is 2.06. The molecule has 0 radical (unpaired) electrons. The van der Waals surface area contributed by atoms with Crippen LogP contribution in [0.15, 0.2) is 78.9 Å². The van der Waals surface area contributed by atoms with Crippen molar-refractivity contribution < 1.29 is 19.1 Å². The van der Waals surface area contributed by atoms with Crippen LogP contribution in [-0.4, -0.2) is 41.0 Å². The van der Waals surface area contributed by atoms with Crippen LogP contribution in [0.4, 0.5) is 4.79 Å². The molecule has 0 aromatic heterocycles. The monoisotopic (exact) mass is 585 g/mol. The van der Waals surface area contributed by atoms with Gasteiger partial charge < -0.3 is 20.3 Å². The number of carbonyl (C=O) groups excluding carboxylic acids is 3. The molecule has 0 aliphatic carbocycles. The number of unbranched alkanes of at least 4 members (excludes halogenated alkanes) is 2. The Morgan fingerprint density at radius 2 is 1.40 bits per heavy atom. The zero-order valence-corrected chi connectivity index (χ0v) is 26.5. The minimum atomic E-state index is -0.937. The molecule has 2 unspecified atom stereocenters. The van der Waals surface area contributed by atoms with E-state index in [0.29, 0.717) is 13.1 Å². The van der Waals surface area contributed by atoms with Gasteiger partial charge in [-0.15, -0.1) is 0 Å². The van der Waals surface area contributed by atoms with Gasteiger partial charge in [0.05, 0.1) is 0 Å². The smallest absolute Gasteiger partial charge is 0.408 e. The molecule has 3 rings (SSSR count). The molecule has 2 N–H and O–H groups in total. The van der Waals surface area contributed by atoms with E-state index in [0.717, 1.165) is 47.1 Å². The van der Waals surface area contributed by atoms with Crippen LogP contribution < -0.4 is 10.6 Å². The lowest BCUT2D eigenvalue weighted by Crippen LogP contribution is -2.54.